The van der Waals surface area contributed by atoms with Crippen LogP contribution in [0.25, 0.3) is 0 Å². The number of ether oxygens (including phenoxy) is 3. The van der Waals surface area contributed by atoms with Gasteiger partial charge >= 0.3 is 0 Å². The quantitative estimate of drug-likeness (QED) is 0.323. The molecule has 1 aromatic heterocycles. The van der Waals surface area contributed by atoms with E-state index in [0.29, 0.717) is 49.9 Å². The van der Waals surface area contributed by atoms with Gasteiger partial charge in [-0.1, -0.05) is 12.1 Å². The van der Waals surface area contributed by atoms with E-state index < -0.39 is 0 Å². The Morgan fingerprint density at radius 1 is 1.23 bits per heavy atom. The van der Waals surface area contributed by atoms with E-state index >= 15 is 0 Å². The fraction of sp³-hybridized carbons (Fsp3) is 0.478. The number of aliphatic imine (C=N–C) groups is 1. The van der Waals surface area contributed by atoms with Crippen LogP contribution in [0, 0.1) is 11.7 Å². The molecule has 168 valence electrons. The second-order valence-corrected chi connectivity index (χ2v) is 7.58. The van der Waals surface area contributed by atoms with Crippen molar-refractivity contribution < 1.29 is 18.6 Å². The van der Waals surface area contributed by atoms with Gasteiger partial charge in [-0.15, -0.1) is 0 Å². The lowest BCUT2D eigenvalue weighted by atomic mass is 10.1. The van der Waals surface area contributed by atoms with Crippen molar-refractivity contribution in [2.45, 2.75) is 32.4 Å². The molecule has 1 aliphatic carbocycles. The summed E-state index contributed by atoms with van der Waals surface area (Å²) in [7, 11) is 3.33. The Labute approximate surface area is 183 Å². The molecule has 2 N–H and O–H groups in total. The van der Waals surface area contributed by atoms with Gasteiger partial charge in [-0.3, -0.25) is 4.99 Å². The molecule has 1 unspecified atom stereocenters. The molecule has 1 aromatic carbocycles. The van der Waals surface area contributed by atoms with Crippen LogP contribution < -0.4 is 20.1 Å². The van der Waals surface area contributed by atoms with Crippen LogP contribution in [0.1, 0.15) is 36.9 Å². The Kier molecular flexibility index (Phi) is 8.46. The number of nitrogens with one attached hydrogen (secondary N) is 2. The number of hydrogen-bond donors (Lipinski definition) is 2. The fourth-order valence-corrected chi connectivity index (χ4v) is 2.89. The summed E-state index contributed by atoms with van der Waals surface area (Å²) in [5.41, 5.74) is 1.80. The second kappa shape index (κ2) is 11.5. The standard InChI is InChI=1S/C23H31FN4O3/c1-16(19-7-8-21(20(24)12-19)31-15-17-4-5-17)28-23(25-2)27-14-18-6-9-22(26-13-18)30-11-10-29-3/h6-9,12-13,16-17H,4-5,10-11,14-15H2,1-3H3,(H2,25,27,28). The largest absolute Gasteiger partial charge is 0.490 e. The Morgan fingerprint density at radius 3 is 2.71 bits per heavy atom. The lowest BCUT2D eigenvalue weighted by Gasteiger charge is -2.19. The Bertz CT molecular complexity index is 856. The summed E-state index contributed by atoms with van der Waals surface area (Å²) in [5, 5.41) is 6.52. The first-order valence-corrected chi connectivity index (χ1v) is 10.5. The number of methoxy groups -OCH3 is 1. The predicted molar refractivity (Wildman–Crippen MR) is 118 cm³/mol. The van der Waals surface area contributed by atoms with Crippen LogP contribution in [0.15, 0.2) is 41.5 Å². The van der Waals surface area contributed by atoms with Gasteiger partial charge in [0.1, 0.15) is 6.61 Å². The van der Waals surface area contributed by atoms with Crippen molar-refractivity contribution >= 4 is 5.96 Å². The summed E-state index contributed by atoms with van der Waals surface area (Å²) in [6.07, 6.45) is 4.10. The van der Waals surface area contributed by atoms with E-state index in [-0.39, 0.29) is 11.9 Å². The Hall–Kier alpha value is -2.87. The Morgan fingerprint density at radius 2 is 2.06 bits per heavy atom. The van der Waals surface area contributed by atoms with E-state index in [9.17, 15) is 4.39 Å². The van der Waals surface area contributed by atoms with E-state index in [0.717, 1.165) is 11.1 Å². The van der Waals surface area contributed by atoms with E-state index in [1.807, 2.05) is 25.1 Å². The molecule has 3 rings (SSSR count). The maximum absolute atomic E-state index is 14.4. The van der Waals surface area contributed by atoms with Gasteiger partial charge in [0, 0.05) is 33.0 Å². The molecule has 7 nitrogen and oxygen atoms in total. The summed E-state index contributed by atoms with van der Waals surface area (Å²) in [5.74, 6) is 1.73. The number of benzene rings is 1. The second-order valence-electron chi connectivity index (χ2n) is 7.58. The highest BCUT2D eigenvalue weighted by molar-refractivity contribution is 5.80. The third-order valence-electron chi connectivity index (χ3n) is 5.00. The van der Waals surface area contributed by atoms with E-state index in [2.05, 4.69) is 20.6 Å². The van der Waals surface area contributed by atoms with Crippen molar-refractivity contribution in [3.05, 3.63) is 53.5 Å². The average Bonchev–Trinajstić information content (AvgIpc) is 3.61. The molecule has 0 amide bonds. The van der Waals surface area contributed by atoms with Crippen molar-refractivity contribution in [2.24, 2.45) is 10.9 Å². The summed E-state index contributed by atoms with van der Waals surface area (Å²) >= 11 is 0. The monoisotopic (exact) mass is 430 g/mol. The highest BCUT2D eigenvalue weighted by Gasteiger charge is 2.22. The van der Waals surface area contributed by atoms with E-state index in [1.165, 1.54) is 18.9 Å². The molecule has 0 spiro atoms. The zero-order valence-corrected chi connectivity index (χ0v) is 18.4. The van der Waals surface area contributed by atoms with Crippen molar-refractivity contribution in [1.82, 2.24) is 15.6 Å². The molecule has 1 aliphatic rings. The van der Waals surface area contributed by atoms with Gasteiger partial charge in [0.25, 0.3) is 0 Å². The molecule has 0 radical (unpaired) electrons. The first kappa shape index (κ1) is 22.8. The molecule has 1 saturated carbocycles. The Balaban J connectivity index is 1.48. The van der Waals surface area contributed by atoms with E-state index in [4.69, 9.17) is 14.2 Å². The average molecular weight is 431 g/mol. The molecule has 8 heteroatoms. The topological polar surface area (TPSA) is 77.0 Å². The molecule has 2 aromatic rings. The molecule has 1 fully saturated rings. The van der Waals surface area contributed by atoms with E-state index in [1.54, 1.807) is 26.4 Å². The van der Waals surface area contributed by atoms with Crippen LogP contribution in [0.5, 0.6) is 11.6 Å². The van der Waals surface area contributed by atoms with Gasteiger partial charge in [0.2, 0.25) is 5.88 Å². The fourth-order valence-electron chi connectivity index (χ4n) is 2.89. The number of pyridine rings is 1. The lowest BCUT2D eigenvalue weighted by Crippen LogP contribution is -2.38. The maximum Gasteiger partial charge on any atom is 0.213 e. The SMILES string of the molecule is CN=C(NCc1ccc(OCCOC)nc1)NC(C)c1ccc(OCC2CC2)c(F)c1. The van der Waals surface area contributed by atoms with Crippen molar-refractivity contribution in [1.29, 1.82) is 0 Å². The molecule has 31 heavy (non-hydrogen) atoms. The van der Waals surface area contributed by atoms with Crippen molar-refractivity contribution in [3.63, 3.8) is 0 Å². The van der Waals surface area contributed by atoms with Crippen LogP contribution >= 0.6 is 0 Å². The number of guanidine groups is 1. The normalized spacial score (nSPS) is 14.8. The number of hydrogen-bond acceptors (Lipinski definition) is 5. The van der Waals surface area contributed by atoms with Crippen LogP contribution in [0.3, 0.4) is 0 Å². The molecule has 0 bridgehead atoms. The molecule has 0 aliphatic heterocycles. The zero-order valence-electron chi connectivity index (χ0n) is 18.4. The first-order valence-electron chi connectivity index (χ1n) is 10.5. The summed E-state index contributed by atoms with van der Waals surface area (Å²) in [6, 6.07) is 8.72. The third-order valence-corrected chi connectivity index (χ3v) is 5.00. The van der Waals surface area contributed by atoms with Crippen LogP contribution in [0.2, 0.25) is 0 Å². The van der Waals surface area contributed by atoms with Crippen molar-refractivity contribution in [2.75, 3.05) is 34.0 Å². The molecular weight excluding hydrogens is 399 g/mol. The predicted octanol–water partition coefficient (Wildman–Crippen LogP) is 3.46. The number of nitrogens with zero attached hydrogens (tertiary/aromatic N) is 2. The van der Waals surface area contributed by atoms with Crippen LogP contribution in [-0.2, 0) is 11.3 Å². The number of aromatic nitrogens is 1. The minimum Gasteiger partial charge on any atom is -0.490 e. The lowest BCUT2D eigenvalue weighted by molar-refractivity contribution is 0.143. The number of halogens is 1. The zero-order chi connectivity index (χ0) is 22.1. The maximum atomic E-state index is 14.4. The highest BCUT2D eigenvalue weighted by Crippen LogP contribution is 2.30. The van der Waals surface area contributed by atoms with Gasteiger partial charge in [0.15, 0.2) is 17.5 Å². The third kappa shape index (κ3) is 7.40. The smallest absolute Gasteiger partial charge is 0.213 e. The van der Waals surface area contributed by atoms with Crippen LogP contribution in [-0.4, -0.2) is 44.9 Å². The number of rotatable bonds is 11. The first-order chi connectivity index (χ1) is 15.1. The summed E-state index contributed by atoms with van der Waals surface area (Å²) in [6.45, 7) is 4.07. The minimum absolute atomic E-state index is 0.132. The molecule has 1 heterocycles. The van der Waals surface area contributed by atoms with Gasteiger partial charge in [-0.05, 0) is 48.9 Å². The summed E-state index contributed by atoms with van der Waals surface area (Å²) in [4.78, 5) is 8.53. The molecular formula is C23H31FN4O3. The van der Waals surface area contributed by atoms with Gasteiger partial charge < -0.3 is 24.8 Å². The van der Waals surface area contributed by atoms with Gasteiger partial charge in [-0.25, -0.2) is 9.37 Å². The van der Waals surface area contributed by atoms with Crippen LogP contribution in [0.4, 0.5) is 4.39 Å². The van der Waals surface area contributed by atoms with Crippen molar-refractivity contribution in [3.8, 4) is 11.6 Å². The van der Waals surface area contributed by atoms with Gasteiger partial charge in [-0.2, -0.15) is 0 Å². The molecule has 0 saturated heterocycles. The highest BCUT2D eigenvalue weighted by atomic mass is 19.1. The minimum atomic E-state index is -0.339. The summed E-state index contributed by atoms with van der Waals surface area (Å²) < 4.78 is 30.4. The molecule has 1 atom stereocenters. The van der Waals surface area contributed by atoms with Gasteiger partial charge in [0.05, 0.1) is 19.3 Å².